The van der Waals surface area contributed by atoms with E-state index < -0.39 is 0 Å². The van der Waals surface area contributed by atoms with E-state index in [9.17, 15) is 14.0 Å². The number of anilines is 1. The number of halogens is 1. The first-order valence-corrected chi connectivity index (χ1v) is 10.9. The number of nitrogens with zero attached hydrogens (tertiary/aromatic N) is 4. The minimum atomic E-state index is -0.322. The van der Waals surface area contributed by atoms with Crippen molar-refractivity contribution in [1.29, 1.82) is 0 Å². The summed E-state index contributed by atoms with van der Waals surface area (Å²) in [6.45, 7) is 1.86. The Kier molecular flexibility index (Phi) is 5.60. The Hall–Kier alpha value is -4.00. The second-order valence-corrected chi connectivity index (χ2v) is 8.06. The first-order chi connectivity index (χ1) is 16.1. The minimum absolute atomic E-state index is 0.128. The monoisotopic (exact) mass is 442 g/mol. The van der Waals surface area contributed by atoms with E-state index in [4.69, 9.17) is 0 Å². The molecule has 33 heavy (non-hydrogen) atoms. The molecule has 166 valence electrons. The lowest BCUT2D eigenvalue weighted by Crippen LogP contribution is -2.50. The van der Waals surface area contributed by atoms with Crippen LogP contribution in [0.25, 0.3) is 22.0 Å². The Bertz CT molecular complexity index is 1370. The predicted molar refractivity (Wildman–Crippen MR) is 127 cm³/mol. The third-order valence-electron chi connectivity index (χ3n) is 6.04. The second-order valence-electron chi connectivity index (χ2n) is 8.06. The number of benzene rings is 3. The zero-order chi connectivity index (χ0) is 22.8. The Morgan fingerprint density at radius 1 is 0.848 bits per heavy atom. The smallest absolute Gasteiger partial charge is 0.267 e. The number of aromatic nitrogens is 2. The fourth-order valence-corrected chi connectivity index (χ4v) is 4.29. The van der Waals surface area contributed by atoms with Crippen molar-refractivity contribution in [1.82, 2.24) is 14.7 Å². The van der Waals surface area contributed by atoms with Gasteiger partial charge in [-0.3, -0.25) is 9.59 Å². The molecule has 4 aromatic rings. The molecule has 0 saturated carbocycles. The Morgan fingerprint density at radius 2 is 1.58 bits per heavy atom. The zero-order valence-electron chi connectivity index (χ0n) is 18.0. The molecule has 2 heterocycles. The molecular formula is C26H23FN4O2. The SMILES string of the molecule is O=C(Cn1nc(-c2cccc3ccccc23)ccc1=O)N1CCN(c2ccccc2F)CC1. The molecule has 1 saturated heterocycles. The Balaban J connectivity index is 1.32. The molecule has 0 radical (unpaired) electrons. The van der Waals surface area contributed by atoms with Crippen LogP contribution < -0.4 is 10.5 Å². The van der Waals surface area contributed by atoms with Gasteiger partial charge >= 0.3 is 0 Å². The fraction of sp³-hybridized carbons (Fsp3) is 0.192. The van der Waals surface area contributed by atoms with E-state index >= 15 is 0 Å². The van der Waals surface area contributed by atoms with Gasteiger partial charge < -0.3 is 9.80 Å². The first kappa shape index (κ1) is 20.9. The molecule has 3 aromatic carbocycles. The van der Waals surface area contributed by atoms with Crippen LogP contribution in [0.5, 0.6) is 0 Å². The maximum absolute atomic E-state index is 14.1. The summed E-state index contributed by atoms with van der Waals surface area (Å²) < 4.78 is 15.3. The summed E-state index contributed by atoms with van der Waals surface area (Å²) in [5, 5.41) is 6.62. The van der Waals surface area contributed by atoms with E-state index in [1.54, 1.807) is 29.2 Å². The molecule has 5 rings (SSSR count). The van der Waals surface area contributed by atoms with Crippen LogP contribution in [-0.2, 0) is 11.3 Å². The van der Waals surface area contributed by atoms with Crippen molar-refractivity contribution in [3.05, 3.63) is 95.0 Å². The van der Waals surface area contributed by atoms with E-state index in [0.29, 0.717) is 37.6 Å². The van der Waals surface area contributed by atoms with E-state index in [1.807, 2.05) is 47.4 Å². The number of carbonyl (C=O) groups excluding carboxylic acids is 1. The molecule has 0 bridgehead atoms. The molecule has 0 aliphatic carbocycles. The van der Waals surface area contributed by atoms with Gasteiger partial charge in [0.2, 0.25) is 5.91 Å². The molecule has 1 fully saturated rings. The Morgan fingerprint density at radius 3 is 2.39 bits per heavy atom. The van der Waals surface area contributed by atoms with Crippen LogP contribution in [0.1, 0.15) is 0 Å². The number of para-hydroxylation sites is 1. The first-order valence-electron chi connectivity index (χ1n) is 10.9. The number of rotatable bonds is 4. The van der Waals surface area contributed by atoms with E-state index in [2.05, 4.69) is 5.10 Å². The number of carbonyl (C=O) groups is 1. The molecule has 0 unspecified atom stereocenters. The summed E-state index contributed by atoms with van der Waals surface area (Å²) in [5.41, 5.74) is 1.78. The van der Waals surface area contributed by atoms with Gasteiger partial charge in [-0.1, -0.05) is 54.6 Å². The van der Waals surface area contributed by atoms with Crippen LogP contribution in [0, 0.1) is 5.82 Å². The van der Waals surface area contributed by atoms with Crippen molar-refractivity contribution < 1.29 is 9.18 Å². The third kappa shape index (κ3) is 4.22. The van der Waals surface area contributed by atoms with Crippen LogP contribution in [0.15, 0.2) is 83.7 Å². The van der Waals surface area contributed by atoms with Crippen molar-refractivity contribution in [2.45, 2.75) is 6.54 Å². The van der Waals surface area contributed by atoms with Crippen molar-refractivity contribution in [2.24, 2.45) is 0 Å². The summed E-state index contributed by atoms with van der Waals surface area (Å²) in [6, 6.07) is 23.7. The topological polar surface area (TPSA) is 58.4 Å². The number of amides is 1. The Labute approximate surface area is 190 Å². The molecule has 0 atom stereocenters. The third-order valence-corrected chi connectivity index (χ3v) is 6.04. The summed E-state index contributed by atoms with van der Waals surface area (Å²) in [7, 11) is 0. The van der Waals surface area contributed by atoms with Crippen molar-refractivity contribution in [2.75, 3.05) is 31.1 Å². The van der Waals surface area contributed by atoms with Crippen LogP contribution in [0.2, 0.25) is 0 Å². The summed E-state index contributed by atoms with van der Waals surface area (Å²) in [5.74, 6) is -0.439. The second kappa shape index (κ2) is 8.86. The van der Waals surface area contributed by atoms with Gasteiger partial charge in [-0.05, 0) is 29.0 Å². The number of piperazine rings is 1. The fourth-order valence-electron chi connectivity index (χ4n) is 4.29. The van der Waals surface area contributed by atoms with Gasteiger partial charge in [0.15, 0.2) is 0 Å². The standard InChI is InChI=1S/C26H23FN4O2/c27-22-10-3-4-11-24(22)29-14-16-30(17-15-29)26(33)18-31-25(32)13-12-23(28-31)21-9-5-7-19-6-1-2-8-20(19)21/h1-13H,14-18H2. The normalized spacial score (nSPS) is 14.0. The maximum atomic E-state index is 14.1. The quantitative estimate of drug-likeness (QED) is 0.485. The van der Waals surface area contributed by atoms with Gasteiger partial charge in [0.1, 0.15) is 12.4 Å². The largest absolute Gasteiger partial charge is 0.366 e. The maximum Gasteiger partial charge on any atom is 0.267 e. The molecule has 7 heteroatoms. The minimum Gasteiger partial charge on any atom is -0.366 e. The average molecular weight is 442 g/mol. The molecule has 1 aliphatic rings. The molecule has 1 aliphatic heterocycles. The number of hydrogen-bond acceptors (Lipinski definition) is 4. The number of fused-ring (bicyclic) bond motifs is 1. The van der Waals surface area contributed by atoms with E-state index in [0.717, 1.165) is 16.3 Å². The molecule has 1 amide bonds. The highest BCUT2D eigenvalue weighted by molar-refractivity contribution is 5.95. The van der Waals surface area contributed by atoms with Crippen LogP contribution in [0.4, 0.5) is 10.1 Å². The highest BCUT2D eigenvalue weighted by atomic mass is 19.1. The molecule has 6 nitrogen and oxygen atoms in total. The molecular weight excluding hydrogens is 419 g/mol. The lowest BCUT2D eigenvalue weighted by molar-refractivity contribution is -0.132. The highest BCUT2D eigenvalue weighted by Gasteiger charge is 2.23. The molecule has 0 N–H and O–H groups in total. The molecule has 1 aromatic heterocycles. The van der Waals surface area contributed by atoms with Gasteiger partial charge in [0, 0.05) is 37.8 Å². The van der Waals surface area contributed by atoms with Crippen LogP contribution >= 0.6 is 0 Å². The molecule has 0 spiro atoms. The zero-order valence-corrected chi connectivity index (χ0v) is 18.0. The van der Waals surface area contributed by atoms with Crippen molar-refractivity contribution in [3.8, 4) is 11.3 Å². The van der Waals surface area contributed by atoms with Crippen LogP contribution in [0.3, 0.4) is 0 Å². The van der Waals surface area contributed by atoms with Gasteiger partial charge in [-0.25, -0.2) is 9.07 Å². The van der Waals surface area contributed by atoms with Crippen LogP contribution in [-0.4, -0.2) is 46.8 Å². The predicted octanol–water partition coefficient (Wildman–Crippen LogP) is 3.55. The summed E-state index contributed by atoms with van der Waals surface area (Å²) >= 11 is 0. The van der Waals surface area contributed by atoms with Crippen molar-refractivity contribution >= 4 is 22.4 Å². The summed E-state index contributed by atoms with van der Waals surface area (Å²) in [6.07, 6.45) is 0. The summed E-state index contributed by atoms with van der Waals surface area (Å²) in [4.78, 5) is 29.0. The average Bonchev–Trinajstić information content (AvgIpc) is 2.85. The number of hydrogen-bond donors (Lipinski definition) is 0. The van der Waals surface area contributed by atoms with Gasteiger partial charge in [0.05, 0.1) is 11.4 Å². The highest BCUT2D eigenvalue weighted by Crippen LogP contribution is 2.26. The van der Waals surface area contributed by atoms with E-state index in [-0.39, 0.29) is 23.8 Å². The van der Waals surface area contributed by atoms with Gasteiger partial charge in [-0.2, -0.15) is 5.10 Å². The lowest BCUT2D eigenvalue weighted by atomic mass is 10.0. The van der Waals surface area contributed by atoms with E-state index in [1.165, 1.54) is 16.8 Å². The van der Waals surface area contributed by atoms with Gasteiger partial charge in [0.25, 0.3) is 5.56 Å². The van der Waals surface area contributed by atoms with Crippen molar-refractivity contribution in [3.63, 3.8) is 0 Å². The van der Waals surface area contributed by atoms with Gasteiger partial charge in [-0.15, -0.1) is 0 Å². The lowest BCUT2D eigenvalue weighted by Gasteiger charge is -2.36.